The van der Waals surface area contributed by atoms with Gasteiger partial charge in [0.25, 0.3) is 10.1 Å². The Morgan fingerprint density at radius 1 is 1.11 bits per heavy atom. The molecule has 0 atom stereocenters. The number of nitrogens with one attached hydrogen (secondary N) is 2. The lowest BCUT2D eigenvalue weighted by Gasteiger charge is -2.38. The average molecular weight is 646 g/mol. The first kappa shape index (κ1) is 31.5. The fraction of sp³-hybridized carbons (Fsp3) is 0.364. The van der Waals surface area contributed by atoms with Crippen LogP contribution in [0.1, 0.15) is 31.2 Å². The van der Waals surface area contributed by atoms with Crippen LogP contribution in [0.4, 0.5) is 23.0 Å². The highest BCUT2D eigenvalue weighted by Crippen LogP contribution is 2.40. The number of hydrogen-bond acceptors (Lipinski definition) is 9. The van der Waals surface area contributed by atoms with Gasteiger partial charge in [0.05, 0.1) is 29.9 Å². The second kappa shape index (κ2) is 13.1. The van der Waals surface area contributed by atoms with E-state index in [1.54, 1.807) is 31.5 Å². The minimum absolute atomic E-state index is 0.307. The number of amides is 1. The Labute approximate surface area is 268 Å². The first-order chi connectivity index (χ1) is 22.1. The van der Waals surface area contributed by atoms with Crippen molar-refractivity contribution in [2.24, 2.45) is 7.05 Å². The fourth-order valence-electron chi connectivity index (χ4n) is 6.59. The summed E-state index contributed by atoms with van der Waals surface area (Å²) < 4.78 is 40.2. The summed E-state index contributed by atoms with van der Waals surface area (Å²) >= 11 is 0. The van der Waals surface area contributed by atoms with Gasteiger partial charge in [0.15, 0.2) is 0 Å². The number of benzene rings is 2. The number of aryl methyl sites for hydroxylation is 1. The molecular weight excluding hydrogens is 606 g/mol. The molecule has 2 aromatic heterocycles. The lowest BCUT2D eigenvalue weighted by atomic mass is 10.0. The molecule has 46 heavy (non-hydrogen) atoms. The molecule has 2 aliphatic rings. The number of ether oxygens (including phenoxy) is 1. The van der Waals surface area contributed by atoms with Crippen molar-refractivity contribution >= 4 is 49.9 Å². The van der Waals surface area contributed by atoms with E-state index in [2.05, 4.69) is 32.0 Å². The monoisotopic (exact) mass is 645 g/mol. The standard InChI is InChI=1S/C33H39N7O5S/c1-4-32(41)35-27-18-28(31(45-3)19-30(27)40-15-10-23(11-16-40)39-13-5-6-14-39)37-33-34-12-9-26(36-33)25-20-38(2)29-8-7-22(17-24(25)29)21-46(42,43)44/h4,7-9,12,17-20,23H,1,5-6,10-11,13-16,21H2,2-3H3,(H,35,41)(H,34,36,37)(H,42,43,44). The number of rotatable bonds is 10. The van der Waals surface area contributed by atoms with Crippen LogP contribution in [0, 0.1) is 0 Å². The fourth-order valence-corrected chi connectivity index (χ4v) is 7.19. The third-order valence-electron chi connectivity index (χ3n) is 8.80. The van der Waals surface area contributed by atoms with E-state index >= 15 is 0 Å². The Morgan fingerprint density at radius 2 is 1.87 bits per heavy atom. The number of likely N-dealkylation sites (tertiary alicyclic amines) is 1. The number of nitrogens with zero attached hydrogens (tertiary/aromatic N) is 5. The maximum atomic E-state index is 12.5. The van der Waals surface area contributed by atoms with Crippen LogP contribution in [0.25, 0.3) is 22.2 Å². The van der Waals surface area contributed by atoms with Gasteiger partial charge in [0, 0.05) is 61.1 Å². The topological polar surface area (TPSA) is 142 Å². The zero-order valence-corrected chi connectivity index (χ0v) is 26.9. The first-order valence-electron chi connectivity index (χ1n) is 15.4. The molecule has 242 valence electrons. The SMILES string of the molecule is C=CC(=O)Nc1cc(Nc2nccc(-c3cn(C)c4ccc(CS(=O)(=O)O)cc34)n2)c(OC)cc1N1CCC(N2CCCC2)CC1. The number of fused-ring (bicyclic) bond motifs is 1. The molecule has 1 amide bonds. The molecule has 2 aliphatic heterocycles. The predicted octanol–water partition coefficient (Wildman–Crippen LogP) is 4.96. The molecule has 3 N–H and O–H groups in total. The number of piperidine rings is 1. The van der Waals surface area contributed by atoms with Crippen molar-refractivity contribution in [3.63, 3.8) is 0 Å². The molecule has 6 rings (SSSR count). The number of carbonyl (C=O) groups excluding carboxylic acids is 1. The van der Waals surface area contributed by atoms with Crippen LogP contribution >= 0.6 is 0 Å². The number of hydrogen-bond donors (Lipinski definition) is 3. The maximum Gasteiger partial charge on any atom is 0.269 e. The molecule has 0 aliphatic carbocycles. The molecule has 0 saturated carbocycles. The van der Waals surface area contributed by atoms with Gasteiger partial charge in [-0.2, -0.15) is 8.42 Å². The second-order valence-electron chi connectivity index (χ2n) is 11.8. The van der Waals surface area contributed by atoms with E-state index in [1.165, 1.54) is 32.0 Å². The summed E-state index contributed by atoms with van der Waals surface area (Å²) in [5.41, 5.74) is 4.82. The molecule has 0 radical (unpaired) electrons. The molecule has 13 heteroatoms. The third-order valence-corrected chi connectivity index (χ3v) is 9.50. The van der Waals surface area contributed by atoms with E-state index in [9.17, 15) is 17.8 Å². The van der Waals surface area contributed by atoms with Gasteiger partial charge in [-0.05, 0) is 74.7 Å². The van der Waals surface area contributed by atoms with E-state index < -0.39 is 15.9 Å². The second-order valence-corrected chi connectivity index (χ2v) is 13.3. The Bertz CT molecular complexity index is 1880. The number of methoxy groups -OCH3 is 1. The van der Waals surface area contributed by atoms with Crippen LogP contribution in [0.3, 0.4) is 0 Å². The summed E-state index contributed by atoms with van der Waals surface area (Å²) in [6, 6.07) is 11.4. The van der Waals surface area contributed by atoms with Gasteiger partial charge in [-0.25, -0.2) is 9.97 Å². The summed E-state index contributed by atoms with van der Waals surface area (Å²) in [6.45, 7) is 7.73. The Hall–Kier alpha value is -4.46. The zero-order valence-electron chi connectivity index (χ0n) is 26.1. The van der Waals surface area contributed by atoms with E-state index in [0.29, 0.717) is 40.4 Å². The van der Waals surface area contributed by atoms with Gasteiger partial charge in [0.2, 0.25) is 11.9 Å². The molecule has 2 saturated heterocycles. The van der Waals surface area contributed by atoms with Crippen molar-refractivity contribution in [3.8, 4) is 17.0 Å². The average Bonchev–Trinajstić information content (AvgIpc) is 3.69. The predicted molar refractivity (Wildman–Crippen MR) is 180 cm³/mol. The van der Waals surface area contributed by atoms with Crippen LogP contribution in [-0.2, 0) is 27.7 Å². The lowest BCUT2D eigenvalue weighted by Crippen LogP contribution is -2.44. The number of anilines is 4. The van der Waals surface area contributed by atoms with Crippen LogP contribution < -0.4 is 20.3 Å². The quantitative estimate of drug-likeness (QED) is 0.160. The highest BCUT2D eigenvalue weighted by atomic mass is 32.2. The Kier molecular flexibility index (Phi) is 8.98. The normalized spacial score (nSPS) is 16.1. The molecule has 12 nitrogen and oxygen atoms in total. The van der Waals surface area contributed by atoms with Crippen molar-refractivity contribution in [1.82, 2.24) is 19.4 Å². The van der Waals surface area contributed by atoms with E-state index in [-0.39, 0.29) is 5.91 Å². The first-order valence-corrected chi connectivity index (χ1v) is 17.0. The lowest BCUT2D eigenvalue weighted by molar-refractivity contribution is -0.111. The van der Waals surface area contributed by atoms with Crippen LogP contribution in [-0.4, -0.2) is 77.6 Å². The molecule has 4 heterocycles. The van der Waals surface area contributed by atoms with Crippen molar-refractivity contribution in [1.29, 1.82) is 0 Å². The van der Waals surface area contributed by atoms with Crippen molar-refractivity contribution in [2.45, 2.75) is 37.5 Å². The summed E-state index contributed by atoms with van der Waals surface area (Å²) in [5.74, 6) is 0.0846. The van der Waals surface area contributed by atoms with Gasteiger partial charge in [0.1, 0.15) is 11.5 Å². The van der Waals surface area contributed by atoms with E-state index in [4.69, 9.17) is 9.72 Å². The summed E-state index contributed by atoms with van der Waals surface area (Å²) in [5, 5.41) is 7.03. The molecule has 2 fully saturated rings. The van der Waals surface area contributed by atoms with Crippen LogP contribution in [0.2, 0.25) is 0 Å². The number of aromatic nitrogens is 3. The van der Waals surface area contributed by atoms with Gasteiger partial charge in [-0.1, -0.05) is 12.6 Å². The summed E-state index contributed by atoms with van der Waals surface area (Å²) in [6.07, 6.45) is 9.47. The Morgan fingerprint density at radius 3 is 2.57 bits per heavy atom. The van der Waals surface area contributed by atoms with Gasteiger partial charge in [-0.15, -0.1) is 0 Å². The van der Waals surface area contributed by atoms with Crippen molar-refractivity contribution in [2.75, 3.05) is 48.8 Å². The van der Waals surface area contributed by atoms with Gasteiger partial charge < -0.3 is 29.7 Å². The van der Waals surface area contributed by atoms with Crippen molar-refractivity contribution in [3.05, 3.63) is 67.0 Å². The van der Waals surface area contributed by atoms with E-state index in [1.807, 2.05) is 36.0 Å². The minimum Gasteiger partial charge on any atom is -0.494 e. The van der Waals surface area contributed by atoms with Gasteiger partial charge in [-0.3, -0.25) is 9.35 Å². The molecule has 4 aromatic rings. The molecule has 0 bridgehead atoms. The minimum atomic E-state index is -4.18. The van der Waals surface area contributed by atoms with Crippen molar-refractivity contribution < 1.29 is 22.5 Å². The Balaban J connectivity index is 1.30. The zero-order chi connectivity index (χ0) is 32.4. The third kappa shape index (κ3) is 6.86. The highest BCUT2D eigenvalue weighted by molar-refractivity contribution is 7.85. The molecular formula is C33H39N7O5S. The summed E-state index contributed by atoms with van der Waals surface area (Å²) in [7, 11) is -0.686. The van der Waals surface area contributed by atoms with Gasteiger partial charge >= 0.3 is 0 Å². The van der Waals surface area contributed by atoms with E-state index in [0.717, 1.165) is 48.1 Å². The molecule has 2 aromatic carbocycles. The largest absolute Gasteiger partial charge is 0.494 e. The maximum absolute atomic E-state index is 12.5. The highest BCUT2D eigenvalue weighted by Gasteiger charge is 2.28. The summed E-state index contributed by atoms with van der Waals surface area (Å²) in [4.78, 5) is 26.6. The van der Waals surface area contributed by atoms with Crippen LogP contribution in [0.15, 0.2) is 61.4 Å². The number of carbonyl (C=O) groups is 1. The molecule has 0 unspecified atom stereocenters. The van der Waals surface area contributed by atoms with Crippen LogP contribution in [0.5, 0.6) is 5.75 Å². The smallest absolute Gasteiger partial charge is 0.269 e. The molecule has 0 spiro atoms.